The van der Waals surface area contributed by atoms with Crippen molar-refractivity contribution in [1.82, 2.24) is 4.90 Å². The zero-order chi connectivity index (χ0) is 19.8. The van der Waals surface area contributed by atoms with Crippen LogP contribution in [-0.2, 0) is 11.0 Å². The van der Waals surface area contributed by atoms with Gasteiger partial charge in [0.25, 0.3) is 5.91 Å². The molecule has 1 atom stereocenters. The quantitative estimate of drug-likeness (QED) is 0.745. The molecule has 142 valence electrons. The maximum atomic E-state index is 13.0. The van der Waals surface area contributed by atoms with Gasteiger partial charge in [0.15, 0.2) is 0 Å². The van der Waals surface area contributed by atoms with Gasteiger partial charge < -0.3 is 9.80 Å². The lowest BCUT2D eigenvalue weighted by atomic mass is 10.1. The SMILES string of the molecule is CC1C(=O)N(c2cccc(C(F)(F)F)c2)CCN1C(=O)c1ccc(F)cc1. The molecule has 0 saturated carbocycles. The van der Waals surface area contributed by atoms with E-state index in [2.05, 4.69) is 0 Å². The van der Waals surface area contributed by atoms with Crippen LogP contribution in [0, 0.1) is 5.82 Å². The van der Waals surface area contributed by atoms with Gasteiger partial charge >= 0.3 is 6.18 Å². The summed E-state index contributed by atoms with van der Waals surface area (Å²) in [5.41, 5.74) is -0.468. The highest BCUT2D eigenvalue weighted by Crippen LogP contribution is 2.32. The van der Waals surface area contributed by atoms with Gasteiger partial charge in [-0.3, -0.25) is 9.59 Å². The van der Waals surface area contributed by atoms with E-state index < -0.39 is 35.4 Å². The summed E-state index contributed by atoms with van der Waals surface area (Å²) in [4.78, 5) is 27.8. The van der Waals surface area contributed by atoms with Crippen LogP contribution in [0.4, 0.5) is 23.2 Å². The Bertz CT molecular complexity index is 865. The van der Waals surface area contributed by atoms with Crippen molar-refractivity contribution in [3.63, 3.8) is 0 Å². The predicted octanol–water partition coefficient (Wildman–Crippen LogP) is 3.72. The standard InChI is InChI=1S/C19H16F4N2O2/c1-12-17(26)25(16-4-2-3-14(11-16)19(21,22)23)10-9-24(12)18(27)13-5-7-15(20)8-6-13/h2-8,11-12H,9-10H2,1H3. The van der Waals surface area contributed by atoms with E-state index in [4.69, 9.17) is 0 Å². The number of carbonyl (C=O) groups is 2. The number of carbonyl (C=O) groups excluding carboxylic acids is 2. The first-order valence-electron chi connectivity index (χ1n) is 8.23. The zero-order valence-corrected chi connectivity index (χ0v) is 14.3. The lowest BCUT2D eigenvalue weighted by molar-refractivity contribution is -0.137. The normalized spacial score (nSPS) is 18.0. The van der Waals surface area contributed by atoms with Gasteiger partial charge in [0, 0.05) is 24.3 Å². The molecule has 2 aromatic rings. The molecule has 3 rings (SSSR count). The number of anilines is 1. The van der Waals surface area contributed by atoms with Crippen LogP contribution in [0.15, 0.2) is 48.5 Å². The molecule has 0 aliphatic carbocycles. The van der Waals surface area contributed by atoms with Gasteiger partial charge in [-0.25, -0.2) is 4.39 Å². The van der Waals surface area contributed by atoms with Crippen LogP contribution in [0.25, 0.3) is 0 Å². The van der Waals surface area contributed by atoms with Gasteiger partial charge in [-0.1, -0.05) is 6.07 Å². The van der Waals surface area contributed by atoms with Gasteiger partial charge in [-0.2, -0.15) is 13.2 Å². The van der Waals surface area contributed by atoms with Crippen LogP contribution in [0.5, 0.6) is 0 Å². The third-order valence-electron chi connectivity index (χ3n) is 4.49. The largest absolute Gasteiger partial charge is 0.416 e. The molecule has 1 saturated heterocycles. The molecule has 1 aliphatic heterocycles. The summed E-state index contributed by atoms with van der Waals surface area (Å²) in [6.45, 7) is 1.74. The minimum absolute atomic E-state index is 0.0669. The Morgan fingerprint density at radius 1 is 1.07 bits per heavy atom. The Balaban J connectivity index is 1.81. The smallest absolute Gasteiger partial charge is 0.325 e. The average molecular weight is 380 g/mol. The maximum Gasteiger partial charge on any atom is 0.416 e. The van der Waals surface area contributed by atoms with Crippen molar-refractivity contribution >= 4 is 17.5 Å². The summed E-state index contributed by atoms with van der Waals surface area (Å²) in [7, 11) is 0. The number of amides is 2. The van der Waals surface area contributed by atoms with E-state index in [0.29, 0.717) is 0 Å². The molecule has 1 fully saturated rings. The summed E-state index contributed by atoms with van der Waals surface area (Å²) >= 11 is 0. The minimum atomic E-state index is -4.51. The van der Waals surface area contributed by atoms with E-state index in [1.165, 1.54) is 41.0 Å². The summed E-state index contributed by atoms with van der Waals surface area (Å²) in [5.74, 6) is -1.39. The number of rotatable bonds is 2. The number of benzene rings is 2. The first-order chi connectivity index (χ1) is 12.7. The van der Waals surface area contributed by atoms with Crippen molar-refractivity contribution in [2.45, 2.75) is 19.1 Å². The molecule has 0 bridgehead atoms. The molecule has 1 heterocycles. The minimum Gasteiger partial charge on any atom is -0.325 e. The first kappa shape index (κ1) is 18.9. The number of hydrogen-bond acceptors (Lipinski definition) is 2. The summed E-state index contributed by atoms with van der Waals surface area (Å²) < 4.78 is 51.8. The monoisotopic (exact) mass is 380 g/mol. The van der Waals surface area contributed by atoms with Crippen LogP contribution < -0.4 is 4.90 Å². The van der Waals surface area contributed by atoms with Gasteiger partial charge in [0.1, 0.15) is 11.9 Å². The molecule has 27 heavy (non-hydrogen) atoms. The molecule has 0 spiro atoms. The molecule has 1 aliphatic rings. The predicted molar refractivity (Wildman–Crippen MR) is 90.7 cm³/mol. The molecule has 2 amide bonds. The van der Waals surface area contributed by atoms with E-state index in [-0.39, 0.29) is 24.3 Å². The van der Waals surface area contributed by atoms with Crippen LogP contribution in [0.3, 0.4) is 0 Å². The third-order valence-corrected chi connectivity index (χ3v) is 4.49. The van der Waals surface area contributed by atoms with Crippen molar-refractivity contribution in [3.8, 4) is 0 Å². The van der Waals surface area contributed by atoms with Crippen molar-refractivity contribution in [2.75, 3.05) is 18.0 Å². The van der Waals surface area contributed by atoms with Crippen LogP contribution in [-0.4, -0.2) is 35.8 Å². The van der Waals surface area contributed by atoms with Gasteiger partial charge in [-0.15, -0.1) is 0 Å². The highest BCUT2D eigenvalue weighted by molar-refractivity contribution is 6.03. The summed E-state index contributed by atoms with van der Waals surface area (Å²) in [6.07, 6.45) is -4.51. The fourth-order valence-corrected chi connectivity index (χ4v) is 3.01. The zero-order valence-electron chi connectivity index (χ0n) is 14.3. The molecular formula is C19H16F4N2O2. The molecule has 0 radical (unpaired) electrons. The van der Waals surface area contributed by atoms with E-state index >= 15 is 0 Å². The number of piperazine rings is 1. The van der Waals surface area contributed by atoms with E-state index in [1.807, 2.05) is 0 Å². The van der Waals surface area contributed by atoms with E-state index in [1.54, 1.807) is 0 Å². The maximum absolute atomic E-state index is 13.0. The summed E-state index contributed by atoms with van der Waals surface area (Å²) in [6, 6.07) is 8.63. The lowest BCUT2D eigenvalue weighted by Gasteiger charge is -2.39. The fourth-order valence-electron chi connectivity index (χ4n) is 3.01. The van der Waals surface area contributed by atoms with E-state index in [0.717, 1.165) is 24.3 Å². The second-order valence-electron chi connectivity index (χ2n) is 6.22. The number of halogens is 4. The number of alkyl halides is 3. The highest BCUT2D eigenvalue weighted by atomic mass is 19.4. The van der Waals surface area contributed by atoms with Crippen molar-refractivity contribution in [1.29, 1.82) is 0 Å². The Hall–Kier alpha value is -2.90. The van der Waals surface area contributed by atoms with E-state index in [9.17, 15) is 27.2 Å². The second-order valence-corrected chi connectivity index (χ2v) is 6.22. The van der Waals surface area contributed by atoms with Gasteiger partial charge in [-0.05, 0) is 49.4 Å². The molecular weight excluding hydrogens is 364 g/mol. The molecule has 0 aromatic heterocycles. The Labute approximate surface area is 153 Å². The molecule has 0 N–H and O–H groups in total. The average Bonchev–Trinajstić information content (AvgIpc) is 2.63. The first-order valence-corrected chi connectivity index (χ1v) is 8.23. The van der Waals surface area contributed by atoms with Gasteiger partial charge in [0.05, 0.1) is 5.56 Å². The lowest BCUT2D eigenvalue weighted by Crippen LogP contribution is -2.57. The highest BCUT2D eigenvalue weighted by Gasteiger charge is 2.36. The molecule has 2 aromatic carbocycles. The number of nitrogens with zero attached hydrogens (tertiary/aromatic N) is 2. The van der Waals surface area contributed by atoms with Crippen LogP contribution in [0.2, 0.25) is 0 Å². The topological polar surface area (TPSA) is 40.6 Å². The molecule has 1 unspecified atom stereocenters. The molecule has 4 nitrogen and oxygen atoms in total. The fraction of sp³-hybridized carbons (Fsp3) is 0.263. The van der Waals surface area contributed by atoms with Gasteiger partial charge in [0.2, 0.25) is 5.91 Å². The molecule has 8 heteroatoms. The second kappa shape index (κ2) is 7.02. The van der Waals surface area contributed by atoms with Crippen molar-refractivity contribution in [2.24, 2.45) is 0 Å². The van der Waals surface area contributed by atoms with Crippen molar-refractivity contribution < 1.29 is 27.2 Å². The van der Waals surface area contributed by atoms with Crippen LogP contribution >= 0.6 is 0 Å². The Morgan fingerprint density at radius 2 is 1.74 bits per heavy atom. The number of hydrogen-bond donors (Lipinski definition) is 0. The summed E-state index contributed by atoms with van der Waals surface area (Å²) in [5, 5.41) is 0. The Morgan fingerprint density at radius 3 is 2.37 bits per heavy atom. The Kier molecular flexibility index (Phi) is 4.91. The van der Waals surface area contributed by atoms with Crippen molar-refractivity contribution in [3.05, 3.63) is 65.5 Å². The van der Waals surface area contributed by atoms with Crippen LogP contribution in [0.1, 0.15) is 22.8 Å². The third kappa shape index (κ3) is 3.79.